The Kier molecular flexibility index (Phi) is 8.79. The lowest BCUT2D eigenvalue weighted by Crippen LogP contribution is -2.15. The monoisotopic (exact) mass is 205 g/mol. The lowest BCUT2D eigenvalue weighted by molar-refractivity contribution is 0.587. The number of hydrogen-bond acceptors (Lipinski definition) is 1. The van der Waals surface area contributed by atoms with Gasteiger partial charge in [-0.1, -0.05) is 57.4 Å². The minimum Gasteiger partial charge on any atom is -0.317 e. The minimum atomic E-state index is 0.595. The maximum atomic E-state index is 3.75. The summed E-state index contributed by atoms with van der Waals surface area (Å²) in [5.41, 5.74) is 1.11. The smallest absolute Gasteiger partial charge is 0.00435 e. The molecule has 0 spiro atoms. The van der Waals surface area contributed by atoms with Gasteiger partial charge in [-0.3, -0.25) is 0 Å². The van der Waals surface area contributed by atoms with Crippen molar-refractivity contribution in [3.8, 4) is 0 Å². The van der Waals surface area contributed by atoms with Crippen LogP contribution in [0.3, 0.4) is 0 Å². The van der Waals surface area contributed by atoms with Crippen LogP contribution in [0.5, 0.6) is 0 Å². The van der Waals surface area contributed by atoms with Crippen molar-refractivity contribution in [2.45, 2.75) is 20.3 Å². The van der Waals surface area contributed by atoms with E-state index in [1.807, 2.05) is 12.2 Å². The molecular weight excluding hydrogens is 182 g/mol. The van der Waals surface area contributed by atoms with E-state index >= 15 is 0 Å². The highest BCUT2D eigenvalue weighted by atomic mass is 14.8. The first-order valence-corrected chi connectivity index (χ1v) is 5.58. The fourth-order valence-corrected chi connectivity index (χ4v) is 1.21. The summed E-state index contributed by atoms with van der Waals surface area (Å²) in [5, 5.41) is 3.32. The van der Waals surface area contributed by atoms with Gasteiger partial charge >= 0.3 is 0 Å². The Morgan fingerprint density at radius 2 is 2.13 bits per heavy atom. The third kappa shape index (κ3) is 7.95. The summed E-state index contributed by atoms with van der Waals surface area (Å²) >= 11 is 0. The molecule has 0 aliphatic carbocycles. The van der Waals surface area contributed by atoms with E-state index < -0.39 is 0 Å². The van der Waals surface area contributed by atoms with E-state index in [0.29, 0.717) is 5.92 Å². The highest BCUT2D eigenvalue weighted by Gasteiger charge is 1.95. The van der Waals surface area contributed by atoms with Gasteiger partial charge in [-0.15, -0.1) is 0 Å². The van der Waals surface area contributed by atoms with Gasteiger partial charge in [0.2, 0.25) is 0 Å². The van der Waals surface area contributed by atoms with Crippen molar-refractivity contribution >= 4 is 0 Å². The fourth-order valence-electron chi connectivity index (χ4n) is 1.21. The maximum Gasteiger partial charge on any atom is -0.00435 e. The molecule has 0 fully saturated rings. The topological polar surface area (TPSA) is 12.0 Å². The highest BCUT2D eigenvalue weighted by Crippen LogP contribution is 2.06. The van der Waals surface area contributed by atoms with Crippen LogP contribution in [-0.4, -0.2) is 13.1 Å². The van der Waals surface area contributed by atoms with E-state index in [4.69, 9.17) is 0 Å². The van der Waals surface area contributed by atoms with Gasteiger partial charge in [0.15, 0.2) is 0 Å². The van der Waals surface area contributed by atoms with Crippen molar-refractivity contribution in [1.29, 1.82) is 0 Å². The van der Waals surface area contributed by atoms with Crippen LogP contribution in [0.1, 0.15) is 20.3 Å². The second kappa shape index (κ2) is 9.47. The first-order chi connectivity index (χ1) is 7.24. The third-order valence-electron chi connectivity index (χ3n) is 2.19. The van der Waals surface area contributed by atoms with Gasteiger partial charge in [0.1, 0.15) is 0 Å². The molecule has 0 radical (unpaired) electrons. The molecule has 0 amide bonds. The zero-order valence-electron chi connectivity index (χ0n) is 10.00. The minimum absolute atomic E-state index is 0.595. The average molecular weight is 205 g/mol. The third-order valence-corrected chi connectivity index (χ3v) is 2.19. The molecule has 1 unspecified atom stereocenters. The predicted molar refractivity (Wildman–Crippen MR) is 69.9 cm³/mol. The molecule has 1 heteroatoms. The summed E-state index contributed by atoms with van der Waals surface area (Å²) in [6, 6.07) is 0. The summed E-state index contributed by atoms with van der Waals surface area (Å²) in [5.74, 6) is 0.595. The number of rotatable bonds is 8. The molecule has 1 nitrogen and oxygen atoms in total. The Morgan fingerprint density at radius 1 is 1.40 bits per heavy atom. The molecule has 15 heavy (non-hydrogen) atoms. The van der Waals surface area contributed by atoms with E-state index in [0.717, 1.165) is 18.7 Å². The van der Waals surface area contributed by atoms with Gasteiger partial charge in [-0.2, -0.15) is 0 Å². The number of nitrogens with one attached hydrogen (secondary N) is 1. The Hall–Kier alpha value is -1.08. The summed E-state index contributed by atoms with van der Waals surface area (Å²) in [6.07, 6.45) is 11.1. The SMILES string of the molecule is C=C/C=C(C=C)/C=C/C(C)CCNCC. The van der Waals surface area contributed by atoms with Crippen molar-refractivity contribution < 1.29 is 0 Å². The summed E-state index contributed by atoms with van der Waals surface area (Å²) in [7, 11) is 0. The number of allylic oxidation sites excluding steroid dienone is 6. The Morgan fingerprint density at radius 3 is 2.67 bits per heavy atom. The largest absolute Gasteiger partial charge is 0.317 e. The van der Waals surface area contributed by atoms with Crippen molar-refractivity contribution in [3.05, 3.63) is 49.1 Å². The normalized spacial score (nSPS) is 14.1. The van der Waals surface area contributed by atoms with E-state index in [1.54, 1.807) is 6.08 Å². The van der Waals surface area contributed by atoms with Crippen LogP contribution in [0.4, 0.5) is 0 Å². The molecule has 0 heterocycles. The van der Waals surface area contributed by atoms with Crippen molar-refractivity contribution in [2.75, 3.05) is 13.1 Å². The standard InChI is InChI=1S/C14H23N/c1-5-8-14(6-2)10-9-13(4)11-12-15-7-3/h5-6,8-10,13,15H,1-2,7,11-12H2,3-4H3/b10-9+,14-8+. The van der Waals surface area contributed by atoms with Gasteiger partial charge in [0, 0.05) is 0 Å². The molecule has 1 N–H and O–H groups in total. The summed E-state index contributed by atoms with van der Waals surface area (Å²) in [6.45, 7) is 13.9. The van der Waals surface area contributed by atoms with Gasteiger partial charge in [0.25, 0.3) is 0 Å². The molecular formula is C14H23N. The molecule has 0 aromatic heterocycles. The van der Waals surface area contributed by atoms with Crippen LogP contribution < -0.4 is 5.32 Å². The van der Waals surface area contributed by atoms with Gasteiger partial charge < -0.3 is 5.32 Å². The second-order valence-corrected chi connectivity index (χ2v) is 3.59. The van der Waals surface area contributed by atoms with Gasteiger partial charge in [-0.05, 0) is 31.0 Å². The number of hydrogen-bond donors (Lipinski definition) is 1. The van der Waals surface area contributed by atoms with Crippen molar-refractivity contribution in [3.63, 3.8) is 0 Å². The molecule has 0 aliphatic heterocycles. The van der Waals surface area contributed by atoms with Gasteiger partial charge in [-0.25, -0.2) is 0 Å². The van der Waals surface area contributed by atoms with E-state index in [9.17, 15) is 0 Å². The molecule has 0 aromatic carbocycles. The van der Waals surface area contributed by atoms with Crippen LogP contribution in [-0.2, 0) is 0 Å². The molecule has 0 saturated heterocycles. The van der Waals surface area contributed by atoms with Crippen molar-refractivity contribution in [1.82, 2.24) is 5.32 Å². The van der Waals surface area contributed by atoms with Crippen molar-refractivity contribution in [2.24, 2.45) is 5.92 Å². The van der Waals surface area contributed by atoms with Gasteiger partial charge in [0.05, 0.1) is 0 Å². The Labute approximate surface area is 94.3 Å². The molecule has 84 valence electrons. The van der Waals surface area contributed by atoms with Crippen LogP contribution >= 0.6 is 0 Å². The summed E-state index contributed by atoms with van der Waals surface area (Å²) in [4.78, 5) is 0. The molecule has 0 saturated carbocycles. The Bertz CT molecular complexity index is 236. The van der Waals surface area contributed by atoms with Crippen LogP contribution in [0.25, 0.3) is 0 Å². The fraction of sp³-hybridized carbons (Fsp3) is 0.429. The van der Waals surface area contributed by atoms with E-state index in [1.165, 1.54) is 6.42 Å². The van der Waals surface area contributed by atoms with E-state index in [2.05, 4.69) is 44.5 Å². The highest BCUT2D eigenvalue weighted by molar-refractivity contribution is 5.32. The van der Waals surface area contributed by atoms with Crippen LogP contribution in [0.2, 0.25) is 0 Å². The summed E-state index contributed by atoms with van der Waals surface area (Å²) < 4.78 is 0. The lowest BCUT2D eigenvalue weighted by atomic mass is 10.1. The van der Waals surface area contributed by atoms with Crippen LogP contribution in [0, 0.1) is 5.92 Å². The molecule has 0 aliphatic rings. The zero-order chi connectivity index (χ0) is 11.5. The zero-order valence-corrected chi connectivity index (χ0v) is 10.00. The molecule has 1 atom stereocenters. The van der Waals surface area contributed by atoms with E-state index in [-0.39, 0.29) is 0 Å². The first-order valence-electron chi connectivity index (χ1n) is 5.58. The molecule has 0 rings (SSSR count). The molecule has 0 aromatic rings. The lowest BCUT2D eigenvalue weighted by Gasteiger charge is -2.06. The first kappa shape index (κ1) is 13.9. The second-order valence-electron chi connectivity index (χ2n) is 3.59. The average Bonchev–Trinajstić information content (AvgIpc) is 2.24. The predicted octanol–water partition coefficient (Wildman–Crippen LogP) is 3.48. The van der Waals surface area contributed by atoms with Crippen LogP contribution in [0.15, 0.2) is 49.1 Å². The molecule has 0 bridgehead atoms. The Balaban J connectivity index is 3.97. The maximum absolute atomic E-state index is 3.75. The quantitative estimate of drug-likeness (QED) is 0.472.